The van der Waals surface area contributed by atoms with E-state index in [2.05, 4.69) is 132 Å². The SMILES string of the molecule is c1ccc2c(c1)Oc1ccccc1N2B1c2oc3ccccc3c2B(c2ccc3cc4ccccc4cc3c2)c2oc3ccccc3c21. The molecule has 2 aliphatic rings. The fourth-order valence-corrected chi connectivity index (χ4v) is 8.14. The topological polar surface area (TPSA) is 38.8 Å². The number of benzene rings is 7. The molecule has 0 fully saturated rings. The molecule has 0 saturated carbocycles. The van der Waals surface area contributed by atoms with Crippen LogP contribution in [0.1, 0.15) is 0 Å². The molecule has 0 radical (unpaired) electrons. The van der Waals surface area contributed by atoms with Crippen molar-refractivity contribution in [3.8, 4) is 11.5 Å². The predicted octanol–water partition coefficient (Wildman–Crippen LogP) is 7.36. The number of rotatable bonds is 2. The minimum absolute atomic E-state index is 0.176. The molecule has 6 heteroatoms. The fourth-order valence-electron chi connectivity index (χ4n) is 8.14. The number of hydrogen-bond donors (Lipinski definition) is 0. The van der Waals surface area contributed by atoms with Crippen LogP contribution in [0.2, 0.25) is 0 Å². The molecule has 222 valence electrons. The zero-order valence-corrected chi connectivity index (χ0v) is 25.8. The van der Waals surface area contributed by atoms with E-state index in [1.54, 1.807) is 0 Å². The summed E-state index contributed by atoms with van der Waals surface area (Å²) in [6.45, 7) is -0.484. The number of nitrogens with zero attached hydrogens (tertiary/aromatic N) is 1. The second-order valence-corrected chi connectivity index (χ2v) is 12.8. The second kappa shape index (κ2) is 9.69. The molecule has 48 heavy (non-hydrogen) atoms. The largest absolute Gasteiger partial charge is 0.471 e. The molecule has 11 rings (SSSR count). The molecule has 0 atom stereocenters. The smallest absolute Gasteiger partial charge is 0.373 e. The van der Waals surface area contributed by atoms with Gasteiger partial charge in [-0.05, 0) is 81.0 Å². The van der Waals surface area contributed by atoms with Gasteiger partial charge >= 0.3 is 6.85 Å². The van der Waals surface area contributed by atoms with Crippen LogP contribution in [0.4, 0.5) is 11.4 Å². The van der Waals surface area contributed by atoms with Gasteiger partial charge < -0.3 is 18.4 Å². The molecule has 2 aliphatic heterocycles. The summed E-state index contributed by atoms with van der Waals surface area (Å²) in [6, 6.07) is 53.4. The third-order valence-corrected chi connectivity index (χ3v) is 10.2. The first-order valence-corrected chi connectivity index (χ1v) is 16.4. The Balaban J connectivity index is 1.24. The van der Waals surface area contributed by atoms with Gasteiger partial charge in [0.05, 0.1) is 22.7 Å². The van der Waals surface area contributed by atoms with Gasteiger partial charge in [-0.15, -0.1) is 0 Å². The number of fused-ring (bicyclic) bond motifs is 10. The van der Waals surface area contributed by atoms with Gasteiger partial charge in [0.25, 0.3) is 6.71 Å². The maximum absolute atomic E-state index is 7.03. The molecule has 0 spiro atoms. The lowest BCUT2D eigenvalue weighted by Crippen LogP contribution is -2.74. The van der Waals surface area contributed by atoms with E-state index >= 15 is 0 Å². The van der Waals surface area contributed by atoms with Crippen LogP contribution in [0.5, 0.6) is 11.5 Å². The highest BCUT2D eigenvalue weighted by atomic mass is 16.5. The molecule has 0 amide bonds. The molecule has 0 bridgehead atoms. The van der Waals surface area contributed by atoms with Gasteiger partial charge in [-0.3, -0.25) is 0 Å². The maximum Gasteiger partial charge on any atom is 0.373 e. The van der Waals surface area contributed by atoms with Gasteiger partial charge in [-0.25, -0.2) is 0 Å². The molecule has 2 aromatic heterocycles. The van der Waals surface area contributed by atoms with Crippen molar-refractivity contribution < 1.29 is 13.6 Å². The highest BCUT2D eigenvalue weighted by Crippen LogP contribution is 2.47. The van der Waals surface area contributed by atoms with E-state index in [1.165, 1.54) is 27.0 Å². The van der Waals surface area contributed by atoms with Crippen molar-refractivity contribution in [1.29, 1.82) is 0 Å². The Labute approximate surface area is 277 Å². The van der Waals surface area contributed by atoms with E-state index in [-0.39, 0.29) is 13.6 Å². The number of hydrogen-bond acceptors (Lipinski definition) is 4. The molecule has 0 unspecified atom stereocenters. The van der Waals surface area contributed by atoms with E-state index in [0.717, 1.165) is 67.1 Å². The number of para-hydroxylation sites is 6. The first kappa shape index (κ1) is 26.0. The standard InChI is InChI=1S/C42H25B2NO3/c1-2-12-27-24-29-25-30(22-21-28(29)23-26(27)11-1)43-39-31-13-3-7-17-35(31)48-42(39)44(40-32-14-4-8-18-36(32)47-41(40)43)45-33-15-5-9-19-37(33)46-38-20-10-6-16-34(38)45/h1-25H. The van der Waals surface area contributed by atoms with E-state index in [9.17, 15) is 0 Å². The van der Waals surface area contributed by atoms with Crippen molar-refractivity contribution in [2.24, 2.45) is 0 Å². The average Bonchev–Trinajstić information content (AvgIpc) is 3.71. The van der Waals surface area contributed by atoms with Crippen molar-refractivity contribution in [1.82, 2.24) is 0 Å². The summed E-state index contributed by atoms with van der Waals surface area (Å²) in [5.41, 5.74) is 9.01. The minimum atomic E-state index is -0.307. The zero-order chi connectivity index (χ0) is 31.3. The van der Waals surface area contributed by atoms with Crippen LogP contribution in [-0.4, -0.2) is 13.6 Å². The van der Waals surface area contributed by atoms with Crippen molar-refractivity contribution in [2.45, 2.75) is 0 Å². The first-order valence-electron chi connectivity index (χ1n) is 16.4. The van der Waals surface area contributed by atoms with Crippen molar-refractivity contribution in [2.75, 3.05) is 4.81 Å². The molecule has 4 heterocycles. The highest BCUT2D eigenvalue weighted by Gasteiger charge is 2.50. The van der Waals surface area contributed by atoms with Crippen LogP contribution in [-0.2, 0) is 0 Å². The van der Waals surface area contributed by atoms with Gasteiger partial charge in [0.1, 0.15) is 22.7 Å². The lowest BCUT2D eigenvalue weighted by Gasteiger charge is -2.38. The highest BCUT2D eigenvalue weighted by molar-refractivity contribution is 7.09. The summed E-state index contributed by atoms with van der Waals surface area (Å²) in [6.07, 6.45) is 0. The number of ether oxygens (including phenoxy) is 1. The van der Waals surface area contributed by atoms with Gasteiger partial charge in [-0.1, -0.05) is 109 Å². The third-order valence-electron chi connectivity index (χ3n) is 10.2. The molecule has 0 aliphatic carbocycles. The quantitative estimate of drug-likeness (QED) is 0.151. The molecular formula is C42H25B2NO3. The van der Waals surface area contributed by atoms with Crippen LogP contribution in [0, 0.1) is 0 Å². The minimum Gasteiger partial charge on any atom is -0.471 e. The zero-order valence-electron chi connectivity index (χ0n) is 25.8. The Morgan fingerprint density at radius 3 is 1.69 bits per heavy atom. The van der Waals surface area contributed by atoms with Crippen molar-refractivity contribution in [3.05, 3.63) is 152 Å². The maximum atomic E-state index is 7.03. The Bertz CT molecular complexity index is 2710. The molecular weight excluding hydrogens is 588 g/mol. The van der Waals surface area contributed by atoms with Gasteiger partial charge in [-0.2, -0.15) is 0 Å². The summed E-state index contributed by atoms with van der Waals surface area (Å²) in [5, 5.41) is 7.08. The van der Waals surface area contributed by atoms with E-state index < -0.39 is 0 Å². The van der Waals surface area contributed by atoms with Crippen LogP contribution in [0.15, 0.2) is 160 Å². The summed E-state index contributed by atoms with van der Waals surface area (Å²) in [7, 11) is 0. The van der Waals surface area contributed by atoms with Crippen molar-refractivity contribution in [3.63, 3.8) is 0 Å². The van der Waals surface area contributed by atoms with Gasteiger partial charge in [0.15, 0.2) is 0 Å². The second-order valence-electron chi connectivity index (χ2n) is 12.8. The van der Waals surface area contributed by atoms with Crippen LogP contribution < -0.4 is 37.3 Å². The first-order chi connectivity index (χ1) is 23.8. The molecule has 0 N–H and O–H groups in total. The summed E-state index contributed by atoms with van der Waals surface area (Å²) < 4.78 is 20.5. The molecule has 0 saturated heterocycles. The predicted molar refractivity (Wildman–Crippen MR) is 199 cm³/mol. The van der Waals surface area contributed by atoms with Crippen LogP contribution >= 0.6 is 0 Å². The van der Waals surface area contributed by atoms with E-state index in [1.807, 2.05) is 24.3 Å². The monoisotopic (exact) mass is 613 g/mol. The number of anilines is 2. The van der Waals surface area contributed by atoms with Crippen LogP contribution in [0.25, 0.3) is 43.5 Å². The number of furan rings is 2. The van der Waals surface area contributed by atoms with E-state index in [4.69, 9.17) is 13.6 Å². The lowest BCUT2D eigenvalue weighted by molar-refractivity contribution is 0.478. The van der Waals surface area contributed by atoms with E-state index in [0.29, 0.717) is 0 Å². The Morgan fingerprint density at radius 1 is 0.438 bits per heavy atom. The summed E-state index contributed by atoms with van der Waals surface area (Å²) in [4.78, 5) is 2.39. The van der Waals surface area contributed by atoms with Gasteiger partial charge in [0.2, 0.25) is 0 Å². The summed E-state index contributed by atoms with van der Waals surface area (Å²) >= 11 is 0. The third kappa shape index (κ3) is 3.57. The van der Waals surface area contributed by atoms with Crippen LogP contribution in [0.3, 0.4) is 0 Å². The van der Waals surface area contributed by atoms with Gasteiger partial charge in [0, 0.05) is 10.8 Å². The van der Waals surface area contributed by atoms with Crippen molar-refractivity contribution >= 4 is 96.1 Å². The Hall–Kier alpha value is -6.13. The Morgan fingerprint density at radius 2 is 0.979 bits per heavy atom. The summed E-state index contributed by atoms with van der Waals surface area (Å²) in [5.74, 6) is 1.62. The molecule has 4 nitrogen and oxygen atoms in total. The normalized spacial score (nSPS) is 13.5. The molecule has 9 aromatic rings. The average molecular weight is 613 g/mol. The lowest BCUT2D eigenvalue weighted by atomic mass is 9.28. The fraction of sp³-hybridized carbons (Fsp3) is 0. The molecule has 7 aromatic carbocycles. The Kier molecular flexibility index (Phi) is 5.25.